The van der Waals surface area contributed by atoms with E-state index in [0.29, 0.717) is 22.7 Å². The van der Waals surface area contributed by atoms with E-state index in [0.717, 1.165) is 30.6 Å². The molecule has 1 fully saturated rings. The van der Waals surface area contributed by atoms with Crippen LogP contribution < -0.4 is 15.9 Å². The number of nitrogens with one attached hydrogen (secondary N) is 1. The molecule has 1 aliphatic rings. The van der Waals surface area contributed by atoms with Crippen LogP contribution in [0, 0.1) is 0 Å². The van der Waals surface area contributed by atoms with Gasteiger partial charge in [-0.3, -0.25) is 9.59 Å². The molecule has 3 aromatic rings. The van der Waals surface area contributed by atoms with Gasteiger partial charge < -0.3 is 10.2 Å². The zero-order chi connectivity index (χ0) is 21.1. The Morgan fingerprint density at radius 2 is 1.77 bits per heavy atom. The molecule has 0 radical (unpaired) electrons. The molecule has 1 amide bonds. The molecule has 9 heteroatoms. The largest absolute Gasteiger partial charge is 0.353 e. The first kappa shape index (κ1) is 19.8. The average Bonchev–Trinajstić information content (AvgIpc) is 2.91. The minimum Gasteiger partial charge on any atom is -0.353 e. The van der Waals surface area contributed by atoms with Crippen molar-refractivity contribution in [1.29, 1.82) is 0 Å². The van der Waals surface area contributed by atoms with Gasteiger partial charge in [0.2, 0.25) is 11.6 Å². The summed E-state index contributed by atoms with van der Waals surface area (Å²) in [6.45, 7) is 3.03. The van der Waals surface area contributed by atoms with E-state index in [1.807, 2.05) is 0 Å². The van der Waals surface area contributed by atoms with Gasteiger partial charge in [-0.25, -0.2) is 18.9 Å². The number of rotatable bonds is 5. The lowest BCUT2D eigenvalue weighted by molar-refractivity contribution is -0.117. The summed E-state index contributed by atoms with van der Waals surface area (Å²) in [5.74, 6) is 0.258. The monoisotopic (exact) mass is 408 g/mol. The molecule has 0 saturated carbocycles. The number of nitrogens with zero attached hydrogens (tertiary/aromatic N) is 5. The fraction of sp³-hybridized carbons (Fsp3) is 0.381. The number of amides is 1. The van der Waals surface area contributed by atoms with E-state index in [1.54, 1.807) is 36.7 Å². The van der Waals surface area contributed by atoms with Crippen molar-refractivity contribution in [3.05, 3.63) is 52.7 Å². The van der Waals surface area contributed by atoms with Crippen LogP contribution in [0.15, 0.2) is 41.5 Å². The summed E-state index contributed by atoms with van der Waals surface area (Å²) in [7, 11) is 0. The van der Waals surface area contributed by atoms with Gasteiger partial charge in [0.15, 0.2) is 11.6 Å². The van der Waals surface area contributed by atoms with Crippen molar-refractivity contribution in [2.45, 2.75) is 39.2 Å². The minimum atomic E-state index is -0.384. The molecule has 0 spiro atoms. The molecule has 4 rings (SSSR count). The van der Waals surface area contributed by atoms with Crippen LogP contribution in [0.5, 0.6) is 0 Å². The second-order valence-electron chi connectivity index (χ2n) is 7.47. The summed E-state index contributed by atoms with van der Waals surface area (Å²) < 4.78 is 2.58. The van der Waals surface area contributed by atoms with E-state index in [9.17, 15) is 14.4 Å². The van der Waals surface area contributed by atoms with Crippen molar-refractivity contribution in [3.63, 3.8) is 0 Å². The van der Waals surface area contributed by atoms with Crippen molar-refractivity contribution >= 4 is 28.8 Å². The maximum Gasteiger partial charge on any atom is 0.350 e. The summed E-state index contributed by atoms with van der Waals surface area (Å²) in [6.07, 6.45) is 7.71. The molecule has 2 aromatic heterocycles. The maximum atomic E-state index is 12.7. The molecule has 30 heavy (non-hydrogen) atoms. The second kappa shape index (κ2) is 8.48. The van der Waals surface area contributed by atoms with Crippen LogP contribution in [0.1, 0.15) is 43.0 Å². The van der Waals surface area contributed by atoms with E-state index >= 15 is 0 Å². The van der Waals surface area contributed by atoms with Gasteiger partial charge in [-0.15, -0.1) is 5.10 Å². The second-order valence-corrected chi connectivity index (χ2v) is 7.47. The van der Waals surface area contributed by atoms with Crippen LogP contribution in [0.3, 0.4) is 0 Å². The zero-order valence-electron chi connectivity index (χ0n) is 16.9. The summed E-state index contributed by atoms with van der Waals surface area (Å²) >= 11 is 0. The fourth-order valence-corrected chi connectivity index (χ4v) is 3.67. The van der Waals surface area contributed by atoms with Crippen molar-refractivity contribution < 1.29 is 9.59 Å². The van der Waals surface area contributed by atoms with Crippen LogP contribution in [0.2, 0.25) is 0 Å². The van der Waals surface area contributed by atoms with Crippen molar-refractivity contribution in [2.75, 3.05) is 23.3 Å². The van der Waals surface area contributed by atoms with E-state index in [2.05, 4.69) is 20.3 Å². The number of benzene rings is 1. The number of hydrogen-bond donors (Lipinski definition) is 1. The van der Waals surface area contributed by atoms with Gasteiger partial charge in [-0.2, -0.15) is 0 Å². The van der Waals surface area contributed by atoms with E-state index < -0.39 is 0 Å². The quantitative estimate of drug-likeness (QED) is 0.649. The Kier molecular flexibility index (Phi) is 5.60. The summed E-state index contributed by atoms with van der Waals surface area (Å²) in [4.78, 5) is 43.2. The number of aromatic nitrogens is 4. The smallest absolute Gasteiger partial charge is 0.350 e. The van der Waals surface area contributed by atoms with Crippen molar-refractivity contribution in [1.82, 2.24) is 19.2 Å². The van der Waals surface area contributed by atoms with E-state index in [-0.39, 0.29) is 23.9 Å². The maximum absolute atomic E-state index is 12.7. The Morgan fingerprint density at radius 1 is 1.07 bits per heavy atom. The number of ketones is 1. The first-order chi connectivity index (χ1) is 14.5. The lowest BCUT2D eigenvalue weighted by Crippen LogP contribution is -2.28. The predicted molar refractivity (Wildman–Crippen MR) is 113 cm³/mol. The van der Waals surface area contributed by atoms with Gasteiger partial charge >= 0.3 is 5.69 Å². The van der Waals surface area contributed by atoms with Gasteiger partial charge in [-0.1, -0.05) is 12.8 Å². The number of hydrogen-bond acceptors (Lipinski definition) is 6. The third-order valence-corrected chi connectivity index (χ3v) is 5.26. The lowest BCUT2D eigenvalue weighted by atomic mass is 10.1. The predicted octanol–water partition coefficient (Wildman–Crippen LogP) is 2.11. The molecule has 0 unspecified atom stereocenters. The SMILES string of the molecule is CC(=O)c1ccc(NC(=O)Cn2nc3c(N4CCCCCC4)nccn3c2=O)cc1. The van der Waals surface area contributed by atoms with Crippen LogP contribution in [-0.2, 0) is 11.3 Å². The Labute approximate surface area is 173 Å². The third-order valence-electron chi connectivity index (χ3n) is 5.26. The first-order valence-corrected chi connectivity index (χ1v) is 10.1. The number of carbonyl (C=O) groups excluding carboxylic acids is 2. The molecular formula is C21H24N6O3. The molecule has 9 nitrogen and oxygen atoms in total. The van der Waals surface area contributed by atoms with Crippen LogP contribution in [-0.4, -0.2) is 43.9 Å². The highest BCUT2D eigenvalue weighted by atomic mass is 16.2. The highest BCUT2D eigenvalue weighted by molar-refractivity contribution is 5.95. The van der Waals surface area contributed by atoms with Gasteiger partial charge in [0.05, 0.1) is 0 Å². The third kappa shape index (κ3) is 4.10. The van der Waals surface area contributed by atoms with E-state index in [4.69, 9.17) is 0 Å². The molecule has 1 aliphatic heterocycles. The van der Waals surface area contributed by atoms with Gasteiger partial charge in [-0.05, 0) is 44.0 Å². The summed E-state index contributed by atoms with van der Waals surface area (Å²) in [6, 6.07) is 6.60. The van der Waals surface area contributed by atoms with Crippen molar-refractivity contribution in [3.8, 4) is 0 Å². The molecular weight excluding hydrogens is 384 g/mol. The van der Waals surface area contributed by atoms with Gasteiger partial charge in [0, 0.05) is 36.7 Å². The molecule has 0 atom stereocenters. The summed E-state index contributed by atoms with van der Waals surface area (Å²) in [5.41, 5.74) is 1.19. The van der Waals surface area contributed by atoms with Crippen LogP contribution >= 0.6 is 0 Å². The molecule has 1 aromatic carbocycles. The van der Waals surface area contributed by atoms with Crippen LogP contribution in [0.25, 0.3) is 5.65 Å². The standard InChI is InChI=1S/C21H24N6O3/c1-15(28)16-6-8-17(9-7-16)23-18(29)14-27-21(30)26-13-10-22-19(20(26)24-27)25-11-4-2-3-5-12-25/h6-10,13H,2-5,11-12,14H2,1H3,(H,23,29). The van der Waals surface area contributed by atoms with Crippen molar-refractivity contribution in [2.24, 2.45) is 0 Å². The molecule has 1 N–H and O–H groups in total. The average molecular weight is 408 g/mol. The molecule has 3 heterocycles. The highest BCUT2D eigenvalue weighted by Gasteiger charge is 2.19. The van der Waals surface area contributed by atoms with Gasteiger partial charge in [0.25, 0.3) is 0 Å². The topological polar surface area (TPSA) is 102 Å². The Balaban J connectivity index is 1.54. The zero-order valence-corrected chi connectivity index (χ0v) is 16.9. The van der Waals surface area contributed by atoms with E-state index in [1.165, 1.54) is 24.2 Å². The van der Waals surface area contributed by atoms with Crippen LogP contribution in [0.4, 0.5) is 11.5 Å². The minimum absolute atomic E-state index is 0.0436. The highest BCUT2D eigenvalue weighted by Crippen LogP contribution is 2.20. The molecule has 156 valence electrons. The summed E-state index contributed by atoms with van der Waals surface area (Å²) in [5, 5.41) is 7.12. The number of anilines is 2. The van der Waals surface area contributed by atoms with Gasteiger partial charge in [0.1, 0.15) is 6.54 Å². The molecule has 1 saturated heterocycles. The Hall–Kier alpha value is -3.49. The Morgan fingerprint density at radius 3 is 2.43 bits per heavy atom. The fourth-order valence-electron chi connectivity index (χ4n) is 3.67. The molecule has 0 aliphatic carbocycles. The first-order valence-electron chi connectivity index (χ1n) is 10.1. The number of fused-ring (bicyclic) bond motifs is 1. The normalized spacial score (nSPS) is 14.5. The Bertz CT molecular complexity index is 1120. The lowest BCUT2D eigenvalue weighted by Gasteiger charge is -2.20. The molecule has 0 bridgehead atoms. The number of Topliss-reactive ketones (excluding diaryl/α,β-unsaturated/α-hetero) is 1. The number of carbonyl (C=O) groups is 2.